The topological polar surface area (TPSA) is 31.4 Å². The van der Waals surface area contributed by atoms with E-state index in [-0.39, 0.29) is 0 Å². The zero-order chi connectivity index (χ0) is 14.3. The molecule has 0 saturated heterocycles. The van der Waals surface area contributed by atoms with Crippen LogP contribution in [0.15, 0.2) is 18.3 Å². The minimum Gasteiger partial charge on any atom is -0.486 e. The van der Waals surface area contributed by atoms with E-state index in [4.69, 9.17) is 9.47 Å². The first-order chi connectivity index (χ1) is 9.58. The molecule has 0 bridgehead atoms. The van der Waals surface area contributed by atoms with Crippen molar-refractivity contribution in [2.24, 2.45) is 0 Å². The van der Waals surface area contributed by atoms with Crippen LogP contribution < -0.4 is 9.47 Å². The number of hydrogen-bond acceptors (Lipinski definition) is 3. The molecule has 1 aromatic carbocycles. The summed E-state index contributed by atoms with van der Waals surface area (Å²) in [4.78, 5) is 4.68. The first kappa shape index (κ1) is 13.2. The molecular formula is C17H21NO2. The monoisotopic (exact) mass is 271 g/mol. The highest BCUT2D eigenvalue weighted by molar-refractivity contribution is 5.89. The highest BCUT2D eigenvalue weighted by atomic mass is 16.6. The van der Waals surface area contributed by atoms with Gasteiger partial charge in [-0.25, -0.2) is 0 Å². The number of nitrogens with zero attached hydrogens (tertiary/aromatic N) is 1. The molecule has 1 aliphatic rings. The van der Waals surface area contributed by atoms with Crippen LogP contribution >= 0.6 is 0 Å². The summed E-state index contributed by atoms with van der Waals surface area (Å²) in [5.74, 6) is 2.54. The zero-order valence-corrected chi connectivity index (χ0v) is 12.6. The molecule has 0 aliphatic carbocycles. The predicted molar refractivity (Wildman–Crippen MR) is 80.9 cm³/mol. The van der Waals surface area contributed by atoms with Crippen LogP contribution in [0, 0.1) is 0 Å². The van der Waals surface area contributed by atoms with Crippen LogP contribution in [0.4, 0.5) is 0 Å². The van der Waals surface area contributed by atoms with Gasteiger partial charge in [-0.1, -0.05) is 27.7 Å². The second-order valence-corrected chi connectivity index (χ2v) is 5.95. The molecule has 3 nitrogen and oxygen atoms in total. The minimum absolute atomic E-state index is 0.421. The molecule has 0 N–H and O–H groups in total. The van der Waals surface area contributed by atoms with Crippen molar-refractivity contribution in [1.29, 1.82) is 0 Å². The first-order valence-electron chi connectivity index (χ1n) is 7.30. The second-order valence-electron chi connectivity index (χ2n) is 5.95. The van der Waals surface area contributed by atoms with Gasteiger partial charge in [0.25, 0.3) is 0 Å². The zero-order valence-electron chi connectivity index (χ0n) is 12.6. The molecule has 0 amide bonds. The number of pyridine rings is 1. The van der Waals surface area contributed by atoms with E-state index < -0.39 is 0 Å². The van der Waals surface area contributed by atoms with Gasteiger partial charge in [0.1, 0.15) is 13.2 Å². The summed E-state index contributed by atoms with van der Waals surface area (Å²) < 4.78 is 11.4. The molecule has 0 fully saturated rings. The highest BCUT2D eigenvalue weighted by Gasteiger charge is 2.19. The van der Waals surface area contributed by atoms with Gasteiger partial charge in [0.2, 0.25) is 0 Å². The minimum atomic E-state index is 0.421. The van der Waals surface area contributed by atoms with Gasteiger partial charge in [0.05, 0.1) is 0 Å². The third-order valence-electron chi connectivity index (χ3n) is 3.75. The maximum absolute atomic E-state index is 5.72. The summed E-state index contributed by atoms with van der Waals surface area (Å²) in [6.45, 7) is 10.1. The fourth-order valence-corrected chi connectivity index (χ4v) is 2.86. The number of hydrogen-bond donors (Lipinski definition) is 0. The van der Waals surface area contributed by atoms with Gasteiger partial charge in [-0.15, -0.1) is 0 Å². The maximum Gasteiger partial charge on any atom is 0.162 e. The Labute approximate surface area is 119 Å². The third-order valence-corrected chi connectivity index (χ3v) is 3.75. The summed E-state index contributed by atoms with van der Waals surface area (Å²) in [5, 5.41) is 2.37. The van der Waals surface area contributed by atoms with E-state index in [0.29, 0.717) is 25.0 Å². The Bertz CT molecular complexity index is 647. The van der Waals surface area contributed by atoms with E-state index >= 15 is 0 Å². The average Bonchev–Trinajstić information content (AvgIpc) is 2.43. The maximum atomic E-state index is 5.72. The molecule has 0 atom stereocenters. The van der Waals surface area contributed by atoms with Gasteiger partial charge in [-0.2, -0.15) is 0 Å². The van der Waals surface area contributed by atoms with Crippen molar-refractivity contribution in [2.75, 3.05) is 13.2 Å². The summed E-state index contributed by atoms with van der Waals surface area (Å²) in [5.41, 5.74) is 2.51. The van der Waals surface area contributed by atoms with Crippen LogP contribution in [0.3, 0.4) is 0 Å². The van der Waals surface area contributed by atoms with Gasteiger partial charge >= 0.3 is 0 Å². The summed E-state index contributed by atoms with van der Waals surface area (Å²) in [6, 6.07) is 4.17. The molecule has 20 heavy (non-hydrogen) atoms. The molecule has 1 aliphatic heterocycles. The molecule has 3 rings (SSSR count). The van der Waals surface area contributed by atoms with Crippen LogP contribution in [-0.4, -0.2) is 18.2 Å². The lowest BCUT2D eigenvalue weighted by Crippen LogP contribution is -2.15. The Morgan fingerprint density at radius 1 is 0.950 bits per heavy atom. The van der Waals surface area contributed by atoms with E-state index in [0.717, 1.165) is 16.9 Å². The van der Waals surface area contributed by atoms with Crippen molar-refractivity contribution in [3.63, 3.8) is 0 Å². The second kappa shape index (κ2) is 4.97. The molecule has 3 heteroatoms. The number of aromatic nitrogens is 1. The Kier molecular flexibility index (Phi) is 3.28. The van der Waals surface area contributed by atoms with Crippen molar-refractivity contribution >= 4 is 10.8 Å². The first-order valence-corrected chi connectivity index (χ1v) is 7.30. The normalized spacial score (nSPS) is 14.3. The van der Waals surface area contributed by atoms with Crippen molar-refractivity contribution in [2.45, 2.75) is 39.5 Å². The average molecular weight is 271 g/mol. The fourth-order valence-electron chi connectivity index (χ4n) is 2.86. The van der Waals surface area contributed by atoms with Crippen LogP contribution in [0.25, 0.3) is 10.8 Å². The highest BCUT2D eigenvalue weighted by Crippen LogP contribution is 2.39. The van der Waals surface area contributed by atoms with Crippen LogP contribution in [0.2, 0.25) is 0 Å². The lowest BCUT2D eigenvalue weighted by molar-refractivity contribution is 0.172. The van der Waals surface area contributed by atoms with Crippen molar-refractivity contribution in [3.05, 3.63) is 29.6 Å². The number of ether oxygens (including phenoxy) is 2. The van der Waals surface area contributed by atoms with Gasteiger partial charge in [0, 0.05) is 17.3 Å². The van der Waals surface area contributed by atoms with Gasteiger partial charge < -0.3 is 9.47 Å². The fraction of sp³-hybridized carbons (Fsp3) is 0.471. The van der Waals surface area contributed by atoms with Crippen LogP contribution in [0.5, 0.6) is 11.5 Å². The van der Waals surface area contributed by atoms with Gasteiger partial charge in [0.15, 0.2) is 11.5 Å². The molecule has 0 unspecified atom stereocenters. The Balaban J connectivity index is 2.29. The van der Waals surface area contributed by atoms with Crippen molar-refractivity contribution < 1.29 is 9.47 Å². The van der Waals surface area contributed by atoms with Crippen LogP contribution in [-0.2, 0) is 0 Å². The predicted octanol–water partition coefficient (Wildman–Crippen LogP) is 4.25. The van der Waals surface area contributed by atoms with Crippen molar-refractivity contribution in [3.8, 4) is 11.5 Å². The van der Waals surface area contributed by atoms with Crippen LogP contribution in [0.1, 0.15) is 50.8 Å². The van der Waals surface area contributed by atoms with E-state index in [9.17, 15) is 0 Å². The van der Waals surface area contributed by atoms with Crippen molar-refractivity contribution in [1.82, 2.24) is 4.98 Å². The SMILES string of the molecule is CC(C)c1ncc2cc3c(cc2c1C(C)C)OCCO3. The molecule has 106 valence electrons. The van der Waals surface area contributed by atoms with E-state index in [1.807, 2.05) is 12.3 Å². The molecule has 0 radical (unpaired) electrons. The Morgan fingerprint density at radius 2 is 1.60 bits per heavy atom. The number of fused-ring (bicyclic) bond motifs is 2. The standard InChI is InChI=1S/C17H21NO2/c1-10(2)16-13-8-15-14(19-5-6-20-15)7-12(13)9-18-17(16)11(3)4/h7-11H,5-6H2,1-4H3. The molecule has 1 aromatic heterocycles. The molecule has 2 heterocycles. The quantitative estimate of drug-likeness (QED) is 0.818. The molecule has 0 saturated carbocycles. The number of benzene rings is 1. The lowest BCUT2D eigenvalue weighted by atomic mass is 9.90. The Morgan fingerprint density at radius 3 is 2.20 bits per heavy atom. The molecular weight excluding hydrogens is 250 g/mol. The molecule has 2 aromatic rings. The third kappa shape index (κ3) is 2.11. The summed E-state index contributed by atoms with van der Waals surface area (Å²) in [7, 11) is 0. The summed E-state index contributed by atoms with van der Waals surface area (Å²) >= 11 is 0. The summed E-state index contributed by atoms with van der Waals surface area (Å²) in [6.07, 6.45) is 1.95. The van der Waals surface area contributed by atoms with Gasteiger partial charge in [-0.3, -0.25) is 4.98 Å². The Hall–Kier alpha value is -1.77. The lowest BCUT2D eigenvalue weighted by Gasteiger charge is -2.22. The van der Waals surface area contributed by atoms with E-state index in [2.05, 4.69) is 38.7 Å². The smallest absolute Gasteiger partial charge is 0.162 e. The van der Waals surface area contributed by atoms with E-state index in [1.54, 1.807) is 0 Å². The number of rotatable bonds is 2. The van der Waals surface area contributed by atoms with Gasteiger partial charge in [-0.05, 0) is 34.9 Å². The van der Waals surface area contributed by atoms with E-state index in [1.165, 1.54) is 16.6 Å². The largest absolute Gasteiger partial charge is 0.486 e. The molecule has 0 spiro atoms.